The Morgan fingerprint density at radius 1 is 1.26 bits per heavy atom. The lowest BCUT2D eigenvalue weighted by Gasteiger charge is -2.26. The van der Waals surface area contributed by atoms with Gasteiger partial charge in [0.25, 0.3) is 5.56 Å². The van der Waals surface area contributed by atoms with Gasteiger partial charge in [0.05, 0.1) is 28.7 Å². The molecular formula is C23H20ClFN8O2. The normalized spacial score (nSPS) is 10.9. The van der Waals surface area contributed by atoms with Gasteiger partial charge in [0.1, 0.15) is 29.0 Å². The van der Waals surface area contributed by atoms with Gasteiger partial charge in [-0.15, -0.1) is 0 Å². The fourth-order valence-corrected chi connectivity index (χ4v) is 4.08. The fourth-order valence-electron chi connectivity index (χ4n) is 3.83. The Bertz CT molecular complexity index is 1580. The van der Waals surface area contributed by atoms with E-state index in [-0.39, 0.29) is 57.5 Å². The van der Waals surface area contributed by atoms with Gasteiger partial charge in [-0.05, 0) is 32.0 Å². The maximum Gasteiger partial charge on any atom is 0.268 e. The van der Waals surface area contributed by atoms with Crippen LogP contribution in [0.4, 0.5) is 27.9 Å². The van der Waals surface area contributed by atoms with Crippen molar-refractivity contribution in [2.75, 3.05) is 30.0 Å². The first kappa shape index (κ1) is 23.7. The molecule has 0 radical (unpaired) electrons. The highest BCUT2D eigenvalue weighted by Crippen LogP contribution is 2.33. The Morgan fingerprint density at radius 3 is 2.66 bits per heavy atom. The average Bonchev–Trinajstić information content (AvgIpc) is 2.81. The number of nitrogens with zero attached hydrogens (tertiary/aromatic N) is 6. The lowest BCUT2D eigenvalue weighted by molar-refractivity contribution is 0.408. The van der Waals surface area contributed by atoms with Gasteiger partial charge in [-0.2, -0.15) is 15.2 Å². The third-order valence-electron chi connectivity index (χ3n) is 5.45. The molecule has 4 N–H and O–H groups in total. The molecule has 0 atom stereocenters. The zero-order chi connectivity index (χ0) is 25.4. The number of methoxy groups -OCH3 is 1. The van der Waals surface area contributed by atoms with Crippen molar-refractivity contribution in [2.24, 2.45) is 0 Å². The molecular weight excluding hydrogens is 475 g/mol. The first-order valence-electron chi connectivity index (χ1n) is 10.4. The minimum absolute atomic E-state index is 0.0389. The van der Waals surface area contributed by atoms with Crippen molar-refractivity contribution >= 4 is 46.0 Å². The van der Waals surface area contributed by atoms with Crippen LogP contribution in [0.15, 0.2) is 35.1 Å². The monoisotopic (exact) mass is 494 g/mol. The van der Waals surface area contributed by atoms with Crippen LogP contribution in [0.5, 0.6) is 5.75 Å². The molecule has 2 aromatic heterocycles. The second-order valence-corrected chi connectivity index (χ2v) is 7.87. The lowest BCUT2D eigenvalue weighted by atomic mass is 10.1. The second-order valence-electron chi connectivity index (χ2n) is 7.46. The van der Waals surface area contributed by atoms with Gasteiger partial charge < -0.3 is 16.2 Å². The van der Waals surface area contributed by atoms with Crippen LogP contribution in [0.25, 0.3) is 16.6 Å². The van der Waals surface area contributed by atoms with Crippen molar-refractivity contribution in [3.05, 3.63) is 62.7 Å². The number of nitriles is 1. The van der Waals surface area contributed by atoms with Crippen LogP contribution < -0.4 is 26.7 Å². The molecule has 0 fully saturated rings. The number of nitrogen functional groups attached to an aromatic ring is 2. The van der Waals surface area contributed by atoms with Crippen LogP contribution in [-0.4, -0.2) is 33.2 Å². The Kier molecular flexibility index (Phi) is 6.15. The average molecular weight is 495 g/mol. The first-order chi connectivity index (χ1) is 16.7. The number of ether oxygens (including phenoxy) is 1. The number of nitrogens with two attached hydrogens (primary N) is 2. The highest BCUT2D eigenvalue weighted by atomic mass is 35.5. The number of hydrogen-bond acceptors (Lipinski definition) is 9. The molecule has 4 aromatic rings. The molecule has 0 bridgehead atoms. The lowest BCUT2D eigenvalue weighted by Crippen LogP contribution is -2.31. The highest BCUT2D eigenvalue weighted by molar-refractivity contribution is 6.35. The predicted molar refractivity (Wildman–Crippen MR) is 132 cm³/mol. The Balaban J connectivity index is 2.19. The number of benzene rings is 2. The summed E-state index contributed by atoms with van der Waals surface area (Å²) < 4.78 is 21.1. The summed E-state index contributed by atoms with van der Waals surface area (Å²) in [7, 11) is 1.40. The largest absolute Gasteiger partial charge is 0.496 e. The fraction of sp³-hybridized carbons (Fsp3) is 0.174. The summed E-state index contributed by atoms with van der Waals surface area (Å²) in [4.78, 5) is 28.1. The molecule has 0 spiro atoms. The van der Waals surface area contributed by atoms with Gasteiger partial charge >= 0.3 is 0 Å². The summed E-state index contributed by atoms with van der Waals surface area (Å²) >= 11 is 6.36. The Labute approximate surface area is 204 Å². The molecule has 0 saturated heterocycles. The maximum absolute atomic E-state index is 14.6. The van der Waals surface area contributed by atoms with Crippen LogP contribution in [0.2, 0.25) is 5.02 Å². The molecule has 12 heteroatoms. The Hall–Kier alpha value is -4.43. The Morgan fingerprint density at radius 2 is 2.00 bits per heavy atom. The van der Waals surface area contributed by atoms with Crippen molar-refractivity contribution in [2.45, 2.75) is 13.8 Å². The van der Waals surface area contributed by atoms with Gasteiger partial charge in [-0.3, -0.25) is 9.69 Å². The van der Waals surface area contributed by atoms with E-state index in [9.17, 15) is 14.4 Å². The molecule has 0 aliphatic rings. The topological polar surface area (TPSA) is 149 Å². The van der Waals surface area contributed by atoms with Crippen molar-refractivity contribution in [3.8, 4) is 17.5 Å². The van der Waals surface area contributed by atoms with Crippen molar-refractivity contribution in [3.63, 3.8) is 0 Å². The van der Waals surface area contributed by atoms with E-state index in [0.717, 1.165) is 0 Å². The molecule has 2 aromatic carbocycles. The van der Waals surface area contributed by atoms with E-state index < -0.39 is 11.4 Å². The third kappa shape index (κ3) is 3.94. The van der Waals surface area contributed by atoms with E-state index in [1.54, 1.807) is 32.0 Å². The zero-order valence-electron chi connectivity index (χ0n) is 19.0. The molecule has 178 valence electrons. The number of halogens is 2. The standard InChI is InChI=1S/C23H20ClFN8O2/c1-4-32(20-13(10-26)19(27)30-22(28)31-20)23-29-15-7-5-6-14(24)18(15)21(34)33(23)16-8-12(25)9-17(35-3)11(16)2/h5-9H,4H2,1-3H3,(H4,27,28,30,31). The van der Waals surface area contributed by atoms with E-state index in [0.29, 0.717) is 11.1 Å². The minimum Gasteiger partial charge on any atom is -0.496 e. The molecule has 35 heavy (non-hydrogen) atoms. The van der Waals surface area contributed by atoms with E-state index in [4.69, 9.17) is 27.8 Å². The molecule has 0 aliphatic carbocycles. The van der Waals surface area contributed by atoms with Crippen LogP contribution in [0, 0.1) is 24.1 Å². The smallest absolute Gasteiger partial charge is 0.268 e. The summed E-state index contributed by atoms with van der Waals surface area (Å²) in [5.41, 5.74) is 12.1. The van der Waals surface area contributed by atoms with Crippen LogP contribution >= 0.6 is 11.6 Å². The quantitative estimate of drug-likeness (QED) is 0.425. The molecule has 0 amide bonds. The second kappa shape index (κ2) is 9.08. The highest BCUT2D eigenvalue weighted by Gasteiger charge is 2.26. The van der Waals surface area contributed by atoms with Gasteiger partial charge in [0.15, 0.2) is 5.82 Å². The summed E-state index contributed by atoms with van der Waals surface area (Å²) in [5, 5.41) is 10.0. The summed E-state index contributed by atoms with van der Waals surface area (Å²) in [6.45, 7) is 3.63. The van der Waals surface area contributed by atoms with Crippen molar-refractivity contribution < 1.29 is 9.13 Å². The summed E-state index contributed by atoms with van der Waals surface area (Å²) in [6.07, 6.45) is 0. The van der Waals surface area contributed by atoms with E-state index in [1.807, 2.05) is 6.07 Å². The summed E-state index contributed by atoms with van der Waals surface area (Å²) in [5.74, 6) is -0.615. The van der Waals surface area contributed by atoms with Crippen LogP contribution in [0.3, 0.4) is 0 Å². The third-order valence-corrected chi connectivity index (χ3v) is 5.76. The van der Waals surface area contributed by atoms with E-state index in [1.165, 1.54) is 28.7 Å². The van der Waals surface area contributed by atoms with Gasteiger partial charge in [-0.1, -0.05) is 17.7 Å². The van der Waals surface area contributed by atoms with Crippen LogP contribution in [-0.2, 0) is 0 Å². The zero-order valence-corrected chi connectivity index (χ0v) is 19.8. The number of aromatic nitrogens is 4. The van der Waals surface area contributed by atoms with Crippen LogP contribution in [0.1, 0.15) is 18.1 Å². The van der Waals surface area contributed by atoms with E-state index >= 15 is 0 Å². The maximum atomic E-state index is 14.6. The number of fused-ring (bicyclic) bond motifs is 1. The van der Waals surface area contributed by atoms with E-state index in [2.05, 4.69) is 15.0 Å². The number of rotatable bonds is 5. The molecule has 0 aliphatic heterocycles. The first-order valence-corrected chi connectivity index (χ1v) is 10.8. The van der Waals surface area contributed by atoms with Gasteiger partial charge in [0.2, 0.25) is 11.9 Å². The molecule has 10 nitrogen and oxygen atoms in total. The van der Waals surface area contributed by atoms with Gasteiger partial charge in [-0.25, -0.2) is 13.9 Å². The minimum atomic E-state index is -0.629. The summed E-state index contributed by atoms with van der Waals surface area (Å²) in [6, 6.07) is 9.21. The number of hydrogen-bond donors (Lipinski definition) is 2. The van der Waals surface area contributed by atoms with Gasteiger partial charge in [0, 0.05) is 18.2 Å². The molecule has 0 unspecified atom stereocenters. The number of anilines is 4. The molecule has 0 saturated carbocycles. The van der Waals surface area contributed by atoms with Crippen molar-refractivity contribution in [1.29, 1.82) is 5.26 Å². The molecule has 2 heterocycles. The molecule has 4 rings (SSSR count). The van der Waals surface area contributed by atoms with Crippen molar-refractivity contribution in [1.82, 2.24) is 19.5 Å². The predicted octanol–water partition coefficient (Wildman–Crippen LogP) is 3.48. The SMILES string of the molecule is CCN(c1nc(N)nc(N)c1C#N)c1nc2cccc(Cl)c2c(=O)n1-c1cc(F)cc(OC)c1C.